The summed E-state index contributed by atoms with van der Waals surface area (Å²) in [6.45, 7) is 1.87. The lowest BCUT2D eigenvalue weighted by atomic mass is 10.2. The standard InChI is InChI=1S/C12H14ClFN4/c13-8-6-11-10(7-9(8)14)16-12(15)18(11)17-4-2-1-3-5-17/h6-7H,1-5H2,(H2,15,16). The summed E-state index contributed by atoms with van der Waals surface area (Å²) in [6, 6.07) is 2.92. The molecule has 0 spiro atoms. The summed E-state index contributed by atoms with van der Waals surface area (Å²) in [6.07, 6.45) is 3.50. The van der Waals surface area contributed by atoms with Crippen LogP contribution in [0.5, 0.6) is 0 Å². The average Bonchev–Trinajstić information content (AvgIpc) is 2.66. The second-order valence-electron chi connectivity index (χ2n) is 4.55. The van der Waals surface area contributed by atoms with Gasteiger partial charge in [0.25, 0.3) is 0 Å². The maximum Gasteiger partial charge on any atom is 0.220 e. The molecule has 18 heavy (non-hydrogen) atoms. The van der Waals surface area contributed by atoms with Gasteiger partial charge < -0.3 is 10.7 Å². The number of nitrogen functional groups attached to an aromatic ring is 1. The molecule has 0 atom stereocenters. The number of nitrogens with zero attached hydrogens (tertiary/aromatic N) is 3. The highest BCUT2D eigenvalue weighted by molar-refractivity contribution is 6.31. The Morgan fingerprint density at radius 2 is 1.94 bits per heavy atom. The molecule has 0 radical (unpaired) electrons. The molecule has 0 unspecified atom stereocenters. The van der Waals surface area contributed by atoms with Crippen molar-refractivity contribution >= 4 is 28.6 Å². The van der Waals surface area contributed by atoms with Crippen molar-refractivity contribution in [3.63, 3.8) is 0 Å². The van der Waals surface area contributed by atoms with Gasteiger partial charge in [-0.15, -0.1) is 0 Å². The van der Waals surface area contributed by atoms with Crippen molar-refractivity contribution in [1.29, 1.82) is 0 Å². The minimum absolute atomic E-state index is 0.0978. The van der Waals surface area contributed by atoms with Crippen molar-refractivity contribution in [3.05, 3.63) is 23.0 Å². The second-order valence-corrected chi connectivity index (χ2v) is 4.96. The number of halogens is 2. The van der Waals surface area contributed by atoms with Crippen LogP contribution in [0.15, 0.2) is 12.1 Å². The van der Waals surface area contributed by atoms with Gasteiger partial charge in [0.05, 0.1) is 16.1 Å². The van der Waals surface area contributed by atoms with Crippen molar-refractivity contribution in [1.82, 2.24) is 9.66 Å². The molecule has 1 saturated heterocycles. The number of rotatable bonds is 1. The molecule has 1 aromatic carbocycles. The lowest BCUT2D eigenvalue weighted by Crippen LogP contribution is -2.39. The number of fused-ring (bicyclic) bond motifs is 1. The third kappa shape index (κ3) is 1.79. The highest BCUT2D eigenvalue weighted by Gasteiger charge is 2.18. The van der Waals surface area contributed by atoms with E-state index >= 15 is 0 Å². The van der Waals surface area contributed by atoms with Crippen LogP contribution in [0.3, 0.4) is 0 Å². The van der Waals surface area contributed by atoms with Gasteiger partial charge in [-0.2, -0.15) is 0 Å². The van der Waals surface area contributed by atoms with E-state index in [0.29, 0.717) is 11.5 Å². The number of anilines is 1. The van der Waals surface area contributed by atoms with Crippen LogP contribution in [0.2, 0.25) is 5.02 Å². The minimum Gasteiger partial charge on any atom is -0.368 e. The average molecular weight is 269 g/mol. The van der Waals surface area contributed by atoms with E-state index in [9.17, 15) is 4.39 Å². The molecule has 2 aromatic rings. The number of imidazole rings is 1. The molecule has 4 nitrogen and oxygen atoms in total. The van der Waals surface area contributed by atoms with Crippen LogP contribution in [-0.4, -0.2) is 22.7 Å². The third-order valence-corrected chi connectivity index (χ3v) is 3.60. The summed E-state index contributed by atoms with van der Waals surface area (Å²) in [5.41, 5.74) is 7.24. The topological polar surface area (TPSA) is 47.1 Å². The lowest BCUT2D eigenvalue weighted by molar-refractivity contribution is 0.489. The Kier molecular flexibility index (Phi) is 2.78. The first kappa shape index (κ1) is 11.6. The summed E-state index contributed by atoms with van der Waals surface area (Å²) in [7, 11) is 0. The number of nitrogens with two attached hydrogens (primary N) is 1. The van der Waals surface area contributed by atoms with E-state index in [-0.39, 0.29) is 5.02 Å². The molecule has 96 valence electrons. The van der Waals surface area contributed by atoms with Crippen molar-refractivity contribution in [2.24, 2.45) is 0 Å². The summed E-state index contributed by atoms with van der Waals surface area (Å²) in [5.74, 6) is -0.0824. The first-order chi connectivity index (χ1) is 8.66. The minimum atomic E-state index is -0.465. The quantitative estimate of drug-likeness (QED) is 0.865. The normalized spacial score (nSPS) is 16.4. The van der Waals surface area contributed by atoms with Crippen LogP contribution in [0.25, 0.3) is 11.0 Å². The zero-order valence-corrected chi connectivity index (χ0v) is 10.6. The van der Waals surface area contributed by atoms with Crippen LogP contribution >= 0.6 is 11.6 Å². The van der Waals surface area contributed by atoms with Gasteiger partial charge in [-0.1, -0.05) is 11.6 Å². The second kappa shape index (κ2) is 4.31. The molecule has 1 fully saturated rings. The maximum absolute atomic E-state index is 13.4. The van der Waals surface area contributed by atoms with Gasteiger partial charge in [-0.05, 0) is 25.3 Å². The van der Waals surface area contributed by atoms with Gasteiger partial charge in [0.2, 0.25) is 5.95 Å². The Balaban J connectivity index is 2.15. The van der Waals surface area contributed by atoms with Crippen LogP contribution in [0.1, 0.15) is 19.3 Å². The molecule has 0 bridgehead atoms. The number of hydrogen-bond acceptors (Lipinski definition) is 3. The summed E-state index contributed by atoms with van der Waals surface area (Å²) >= 11 is 5.83. The fraction of sp³-hybridized carbons (Fsp3) is 0.417. The Morgan fingerprint density at radius 3 is 2.67 bits per heavy atom. The number of benzene rings is 1. The highest BCUT2D eigenvalue weighted by Crippen LogP contribution is 2.25. The van der Waals surface area contributed by atoms with Crippen molar-refractivity contribution < 1.29 is 4.39 Å². The molecule has 0 amide bonds. The predicted octanol–water partition coefficient (Wildman–Crippen LogP) is 2.53. The number of piperidine rings is 1. The fourth-order valence-corrected chi connectivity index (χ4v) is 2.61. The van der Waals surface area contributed by atoms with Crippen LogP contribution in [0.4, 0.5) is 10.3 Å². The summed E-state index contributed by atoms with van der Waals surface area (Å²) in [4.78, 5) is 4.19. The molecule has 2 N–H and O–H groups in total. The van der Waals surface area contributed by atoms with Crippen LogP contribution < -0.4 is 10.7 Å². The van der Waals surface area contributed by atoms with Crippen molar-refractivity contribution in [3.8, 4) is 0 Å². The highest BCUT2D eigenvalue weighted by atomic mass is 35.5. The molecule has 6 heteroatoms. The van der Waals surface area contributed by atoms with Gasteiger partial charge in [0, 0.05) is 19.2 Å². The molecular weight excluding hydrogens is 255 g/mol. The Bertz CT molecular complexity index is 589. The Hall–Kier alpha value is -1.49. The number of hydrogen-bond donors (Lipinski definition) is 1. The molecule has 3 rings (SSSR count). The van der Waals surface area contributed by atoms with Crippen molar-refractivity contribution in [2.45, 2.75) is 19.3 Å². The van der Waals surface area contributed by atoms with E-state index in [0.717, 1.165) is 31.4 Å². The molecule has 1 aliphatic rings. The van der Waals surface area contributed by atoms with E-state index < -0.39 is 5.82 Å². The predicted molar refractivity (Wildman–Crippen MR) is 70.9 cm³/mol. The van der Waals surface area contributed by atoms with Gasteiger partial charge >= 0.3 is 0 Å². The molecule has 0 aliphatic carbocycles. The zero-order chi connectivity index (χ0) is 12.7. The fourth-order valence-electron chi connectivity index (χ4n) is 2.45. The molecule has 1 aliphatic heterocycles. The SMILES string of the molecule is Nc1nc2cc(F)c(Cl)cc2n1N1CCCCC1. The lowest BCUT2D eigenvalue weighted by Gasteiger charge is -2.30. The first-order valence-corrected chi connectivity index (χ1v) is 6.43. The zero-order valence-electron chi connectivity index (χ0n) is 9.87. The largest absolute Gasteiger partial charge is 0.368 e. The third-order valence-electron chi connectivity index (χ3n) is 3.31. The monoisotopic (exact) mass is 268 g/mol. The molecule has 2 heterocycles. The van der Waals surface area contributed by atoms with E-state index in [1.165, 1.54) is 12.5 Å². The van der Waals surface area contributed by atoms with E-state index in [1.54, 1.807) is 6.07 Å². The van der Waals surface area contributed by atoms with Crippen molar-refractivity contribution in [2.75, 3.05) is 23.8 Å². The molecule has 0 saturated carbocycles. The van der Waals surface area contributed by atoms with Gasteiger partial charge in [0.15, 0.2) is 0 Å². The van der Waals surface area contributed by atoms with Gasteiger partial charge in [-0.25, -0.2) is 14.1 Å². The van der Waals surface area contributed by atoms with Crippen LogP contribution in [-0.2, 0) is 0 Å². The summed E-state index contributed by atoms with van der Waals surface area (Å²) < 4.78 is 15.2. The van der Waals surface area contributed by atoms with E-state index in [2.05, 4.69) is 9.99 Å². The Morgan fingerprint density at radius 1 is 1.22 bits per heavy atom. The van der Waals surface area contributed by atoms with Gasteiger partial charge in [-0.3, -0.25) is 0 Å². The molecular formula is C12H14ClFN4. The van der Waals surface area contributed by atoms with E-state index in [4.69, 9.17) is 17.3 Å². The van der Waals surface area contributed by atoms with Gasteiger partial charge in [0.1, 0.15) is 5.82 Å². The first-order valence-electron chi connectivity index (χ1n) is 6.05. The van der Waals surface area contributed by atoms with Crippen LogP contribution in [0, 0.1) is 5.82 Å². The number of aromatic nitrogens is 2. The summed E-state index contributed by atoms with van der Waals surface area (Å²) in [5, 5.41) is 2.24. The smallest absolute Gasteiger partial charge is 0.220 e. The molecule has 1 aromatic heterocycles. The Labute approximate surface area is 109 Å². The van der Waals surface area contributed by atoms with E-state index in [1.807, 2.05) is 4.68 Å². The maximum atomic E-state index is 13.4.